The van der Waals surface area contributed by atoms with E-state index in [4.69, 9.17) is 0 Å². The number of anilines is 2. The van der Waals surface area contributed by atoms with Crippen molar-refractivity contribution in [3.63, 3.8) is 0 Å². The van der Waals surface area contributed by atoms with E-state index in [2.05, 4.69) is 29.4 Å². The summed E-state index contributed by atoms with van der Waals surface area (Å²) < 4.78 is 0.980. The molecule has 20 heavy (non-hydrogen) atoms. The van der Waals surface area contributed by atoms with Gasteiger partial charge in [0.2, 0.25) is 0 Å². The number of rotatable bonds is 4. The molecule has 1 amide bonds. The molecule has 2 aromatic carbocycles. The second kappa shape index (κ2) is 6.53. The minimum atomic E-state index is -0.142. The second-order valence-electron chi connectivity index (χ2n) is 4.37. The van der Waals surface area contributed by atoms with Crippen molar-refractivity contribution in [2.45, 2.75) is 13.3 Å². The third-order valence-electron chi connectivity index (χ3n) is 3.08. The normalized spacial score (nSPS) is 10.1. The highest BCUT2D eigenvalue weighted by Crippen LogP contribution is 2.27. The van der Waals surface area contributed by atoms with Gasteiger partial charge in [0.25, 0.3) is 5.91 Å². The van der Waals surface area contributed by atoms with Gasteiger partial charge in [0.1, 0.15) is 0 Å². The largest absolute Gasteiger partial charge is 0.278 e. The van der Waals surface area contributed by atoms with Crippen LogP contribution in [0, 0.1) is 0 Å². The molecule has 0 bridgehead atoms. The van der Waals surface area contributed by atoms with Crippen LogP contribution in [0.2, 0.25) is 0 Å². The number of halogens is 1. The van der Waals surface area contributed by atoms with Gasteiger partial charge in [0.05, 0.1) is 0 Å². The molecule has 2 aromatic rings. The Morgan fingerprint density at radius 1 is 1.10 bits per heavy atom. The number of nitrogens with zero attached hydrogens (tertiary/aromatic N) is 1. The number of amides is 1. The van der Waals surface area contributed by atoms with Crippen molar-refractivity contribution >= 4 is 33.2 Å². The standard InChI is InChI=1S/C17H16BrNO/c1-3-13-5-9-15(10-6-13)19(17(20)4-2)16-11-7-14(18)8-12-16/h4-12H,2-3H2,1H3. The van der Waals surface area contributed by atoms with Crippen molar-refractivity contribution in [1.82, 2.24) is 0 Å². The highest BCUT2D eigenvalue weighted by molar-refractivity contribution is 9.10. The molecule has 0 saturated carbocycles. The number of aryl methyl sites for hydroxylation is 1. The predicted octanol–water partition coefficient (Wildman–Crippen LogP) is 4.86. The maximum Gasteiger partial charge on any atom is 0.254 e. The van der Waals surface area contributed by atoms with Crippen molar-refractivity contribution in [3.05, 3.63) is 71.2 Å². The van der Waals surface area contributed by atoms with Gasteiger partial charge in [-0.2, -0.15) is 0 Å². The maximum absolute atomic E-state index is 12.1. The first-order chi connectivity index (χ1) is 9.65. The number of carbonyl (C=O) groups excluding carboxylic acids is 1. The van der Waals surface area contributed by atoms with E-state index in [0.29, 0.717) is 0 Å². The van der Waals surface area contributed by atoms with Crippen LogP contribution >= 0.6 is 15.9 Å². The molecule has 0 aliphatic carbocycles. The molecule has 0 aliphatic heterocycles. The highest BCUT2D eigenvalue weighted by Gasteiger charge is 2.15. The summed E-state index contributed by atoms with van der Waals surface area (Å²) in [6.07, 6.45) is 2.31. The molecule has 0 N–H and O–H groups in total. The highest BCUT2D eigenvalue weighted by atomic mass is 79.9. The predicted molar refractivity (Wildman–Crippen MR) is 87.3 cm³/mol. The smallest absolute Gasteiger partial charge is 0.254 e. The summed E-state index contributed by atoms with van der Waals surface area (Å²) in [5.41, 5.74) is 2.91. The molecular weight excluding hydrogens is 314 g/mol. The van der Waals surface area contributed by atoms with Crippen molar-refractivity contribution in [3.8, 4) is 0 Å². The van der Waals surface area contributed by atoms with Crippen molar-refractivity contribution in [1.29, 1.82) is 0 Å². The molecular formula is C17H16BrNO. The van der Waals surface area contributed by atoms with Crippen molar-refractivity contribution < 1.29 is 4.79 Å². The van der Waals surface area contributed by atoms with Gasteiger partial charge in [-0.1, -0.05) is 41.6 Å². The molecule has 3 heteroatoms. The van der Waals surface area contributed by atoms with E-state index in [1.54, 1.807) is 4.90 Å². The first-order valence-electron chi connectivity index (χ1n) is 6.46. The van der Waals surface area contributed by atoms with Crippen molar-refractivity contribution in [2.75, 3.05) is 4.90 Å². The molecule has 0 fully saturated rings. The molecule has 0 spiro atoms. The van der Waals surface area contributed by atoms with Gasteiger partial charge in [-0.25, -0.2) is 0 Å². The number of carbonyl (C=O) groups is 1. The lowest BCUT2D eigenvalue weighted by Gasteiger charge is -2.22. The zero-order valence-corrected chi connectivity index (χ0v) is 12.9. The fourth-order valence-electron chi connectivity index (χ4n) is 1.97. The quantitative estimate of drug-likeness (QED) is 0.733. The summed E-state index contributed by atoms with van der Waals surface area (Å²) in [6, 6.07) is 15.6. The summed E-state index contributed by atoms with van der Waals surface area (Å²) >= 11 is 3.40. The summed E-state index contributed by atoms with van der Waals surface area (Å²) in [5, 5.41) is 0. The van der Waals surface area contributed by atoms with Crippen LogP contribution in [0.15, 0.2) is 65.7 Å². The minimum Gasteiger partial charge on any atom is -0.278 e. The van der Waals surface area contributed by atoms with Gasteiger partial charge < -0.3 is 0 Å². The van der Waals surface area contributed by atoms with E-state index in [1.807, 2.05) is 48.5 Å². The zero-order valence-electron chi connectivity index (χ0n) is 11.3. The molecule has 0 atom stereocenters. The van der Waals surface area contributed by atoms with Crippen molar-refractivity contribution in [2.24, 2.45) is 0 Å². The topological polar surface area (TPSA) is 20.3 Å². The second-order valence-corrected chi connectivity index (χ2v) is 5.29. The van der Waals surface area contributed by atoms with E-state index in [-0.39, 0.29) is 5.91 Å². The fraction of sp³-hybridized carbons (Fsp3) is 0.118. The van der Waals surface area contributed by atoms with Crippen LogP contribution in [0.4, 0.5) is 11.4 Å². The van der Waals surface area contributed by atoms with Gasteiger partial charge in [0.15, 0.2) is 0 Å². The first-order valence-corrected chi connectivity index (χ1v) is 7.26. The average Bonchev–Trinajstić information content (AvgIpc) is 2.50. The van der Waals surface area contributed by atoms with E-state index in [0.717, 1.165) is 22.3 Å². The van der Waals surface area contributed by atoms with Crippen LogP contribution in [-0.2, 0) is 11.2 Å². The minimum absolute atomic E-state index is 0.142. The van der Waals surface area contributed by atoms with Crippen LogP contribution in [0.3, 0.4) is 0 Å². The Morgan fingerprint density at radius 2 is 1.60 bits per heavy atom. The van der Waals surface area contributed by atoms with Gasteiger partial charge >= 0.3 is 0 Å². The van der Waals surface area contributed by atoms with Crippen LogP contribution in [0.5, 0.6) is 0 Å². The van der Waals surface area contributed by atoms with E-state index in [9.17, 15) is 4.79 Å². The third kappa shape index (κ3) is 3.17. The van der Waals surface area contributed by atoms with Crippen LogP contribution in [0.1, 0.15) is 12.5 Å². The Bertz CT molecular complexity index is 602. The summed E-state index contributed by atoms with van der Waals surface area (Å²) in [5.74, 6) is -0.142. The van der Waals surface area contributed by atoms with Gasteiger partial charge in [-0.05, 0) is 54.5 Å². The average molecular weight is 330 g/mol. The van der Waals surface area contributed by atoms with Gasteiger partial charge in [0, 0.05) is 15.8 Å². The lowest BCUT2D eigenvalue weighted by Crippen LogP contribution is -2.23. The van der Waals surface area contributed by atoms with Crippen LogP contribution in [0.25, 0.3) is 0 Å². The monoisotopic (exact) mass is 329 g/mol. The molecule has 102 valence electrons. The summed E-state index contributed by atoms with van der Waals surface area (Å²) in [6.45, 7) is 5.69. The van der Waals surface area contributed by atoms with E-state index in [1.165, 1.54) is 11.6 Å². The fourth-order valence-corrected chi connectivity index (χ4v) is 2.23. The summed E-state index contributed by atoms with van der Waals surface area (Å²) in [4.78, 5) is 13.8. The molecule has 0 aliphatic rings. The van der Waals surface area contributed by atoms with Gasteiger partial charge in [-0.3, -0.25) is 9.69 Å². The third-order valence-corrected chi connectivity index (χ3v) is 3.61. The number of hydrogen-bond acceptors (Lipinski definition) is 1. The molecule has 2 rings (SSSR count). The lowest BCUT2D eigenvalue weighted by atomic mass is 10.1. The lowest BCUT2D eigenvalue weighted by molar-refractivity contribution is -0.113. The molecule has 0 aromatic heterocycles. The molecule has 0 radical (unpaired) electrons. The zero-order chi connectivity index (χ0) is 14.5. The Morgan fingerprint density at radius 3 is 2.05 bits per heavy atom. The Balaban J connectivity index is 2.43. The Kier molecular flexibility index (Phi) is 4.74. The summed E-state index contributed by atoms with van der Waals surface area (Å²) in [7, 11) is 0. The SMILES string of the molecule is C=CC(=O)N(c1ccc(Br)cc1)c1ccc(CC)cc1. The Hall–Kier alpha value is -1.87. The Labute approximate surface area is 127 Å². The first kappa shape index (κ1) is 14.5. The van der Waals surface area contributed by atoms with E-state index < -0.39 is 0 Å². The van der Waals surface area contributed by atoms with Crippen LogP contribution in [-0.4, -0.2) is 5.91 Å². The number of benzene rings is 2. The molecule has 0 heterocycles. The van der Waals surface area contributed by atoms with E-state index >= 15 is 0 Å². The molecule has 0 unspecified atom stereocenters. The number of hydrogen-bond donors (Lipinski definition) is 0. The van der Waals surface area contributed by atoms with Gasteiger partial charge in [-0.15, -0.1) is 0 Å². The maximum atomic E-state index is 12.1. The molecule has 2 nitrogen and oxygen atoms in total. The van der Waals surface area contributed by atoms with Crippen LogP contribution < -0.4 is 4.90 Å². The molecule has 0 saturated heterocycles.